The molecular formula is C15H19BF3NO2. The second-order valence-electron chi connectivity index (χ2n) is 6.51. The van der Waals surface area contributed by atoms with Crippen LogP contribution in [0.1, 0.15) is 45.7 Å². The predicted octanol–water partition coefficient (Wildman–Crippen LogP) is 4.14. The van der Waals surface area contributed by atoms with Crippen LogP contribution in [0.15, 0.2) is 24.2 Å². The minimum atomic E-state index is -3.03. The smallest absolute Gasteiger partial charge is 0.398 e. The zero-order chi connectivity index (χ0) is 16.8. The Morgan fingerprint density at radius 3 is 2.23 bits per heavy atom. The van der Waals surface area contributed by atoms with Crippen molar-refractivity contribution in [1.82, 2.24) is 4.98 Å². The molecule has 2 heterocycles. The van der Waals surface area contributed by atoms with Gasteiger partial charge in [0.05, 0.1) is 11.2 Å². The lowest BCUT2D eigenvalue weighted by Crippen LogP contribution is -2.41. The first-order valence-corrected chi connectivity index (χ1v) is 6.98. The van der Waals surface area contributed by atoms with Crippen molar-refractivity contribution in [3.63, 3.8) is 0 Å². The van der Waals surface area contributed by atoms with E-state index in [4.69, 9.17) is 9.31 Å². The van der Waals surface area contributed by atoms with Crippen LogP contribution in [-0.2, 0) is 15.2 Å². The van der Waals surface area contributed by atoms with Crippen LogP contribution in [-0.4, -0.2) is 23.3 Å². The zero-order valence-corrected chi connectivity index (χ0v) is 13.3. The quantitative estimate of drug-likeness (QED) is 0.786. The van der Waals surface area contributed by atoms with Gasteiger partial charge in [0, 0.05) is 24.9 Å². The summed E-state index contributed by atoms with van der Waals surface area (Å²) in [6, 6.07) is 1.19. The van der Waals surface area contributed by atoms with Gasteiger partial charge in [-0.1, -0.05) is 0 Å². The Labute approximate surface area is 128 Å². The van der Waals surface area contributed by atoms with E-state index < -0.39 is 30.0 Å². The lowest BCUT2D eigenvalue weighted by atomic mass is 9.87. The molecule has 0 N–H and O–H groups in total. The van der Waals surface area contributed by atoms with E-state index in [1.807, 2.05) is 0 Å². The summed E-state index contributed by atoms with van der Waals surface area (Å²) in [5, 5.41) is 0. The van der Waals surface area contributed by atoms with Crippen molar-refractivity contribution in [2.45, 2.75) is 51.7 Å². The van der Waals surface area contributed by atoms with E-state index in [1.54, 1.807) is 27.7 Å². The van der Waals surface area contributed by atoms with E-state index in [0.29, 0.717) is 0 Å². The summed E-state index contributed by atoms with van der Waals surface area (Å²) in [6.45, 7) is 7.99. The highest BCUT2D eigenvalue weighted by Crippen LogP contribution is 2.39. The second-order valence-corrected chi connectivity index (χ2v) is 6.51. The fraction of sp³-hybridized carbons (Fsp3) is 0.533. The topological polar surface area (TPSA) is 31.4 Å². The standard InChI is InChI=1S/C15H19BF3NO2/c1-13(2)14(3,4)22-16(21-13)12(17)7-10-6-11(9-20-8-10)15(5,18)19/h6-9H,1-5H3. The first-order chi connectivity index (χ1) is 9.92. The number of alkyl halides is 2. The van der Waals surface area contributed by atoms with Gasteiger partial charge in [0.1, 0.15) is 5.73 Å². The number of hydrogen-bond acceptors (Lipinski definition) is 3. The molecule has 0 aliphatic carbocycles. The fourth-order valence-corrected chi connectivity index (χ4v) is 1.96. The van der Waals surface area contributed by atoms with Gasteiger partial charge in [-0.15, -0.1) is 0 Å². The first kappa shape index (κ1) is 17.0. The molecular weight excluding hydrogens is 294 g/mol. The molecule has 0 unspecified atom stereocenters. The highest BCUT2D eigenvalue weighted by Gasteiger charge is 2.53. The van der Waals surface area contributed by atoms with Crippen molar-refractivity contribution >= 4 is 13.2 Å². The van der Waals surface area contributed by atoms with Gasteiger partial charge in [-0.25, -0.2) is 13.2 Å². The van der Waals surface area contributed by atoms with E-state index in [1.165, 1.54) is 12.3 Å². The third-order valence-electron chi connectivity index (χ3n) is 4.05. The maximum absolute atomic E-state index is 14.3. The van der Waals surface area contributed by atoms with Crippen LogP contribution in [0, 0.1) is 0 Å². The molecule has 0 atom stereocenters. The van der Waals surface area contributed by atoms with Gasteiger partial charge < -0.3 is 9.31 Å². The lowest BCUT2D eigenvalue weighted by Gasteiger charge is -2.32. The molecule has 2 rings (SSSR count). The summed E-state index contributed by atoms with van der Waals surface area (Å²) < 4.78 is 52.0. The molecule has 0 spiro atoms. The number of halogens is 3. The maximum atomic E-state index is 14.3. The molecule has 0 saturated carbocycles. The van der Waals surface area contributed by atoms with Crippen LogP contribution in [0.3, 0.4) is 0 Å². The molecule has 0 radical (unpaired) electrons. The van der Waals surface area contributed by atoms with Gasteiger partial charge in [0.25, 0.3) is 5.92 Å². The van der Waals surface area contributed by atoms with Crippen LogP contribution >= 0.6 is 0 Å². The van der Waals surface area contributed by atoms with Crippen LogP contribution in [0.5, 0.6) is 0 Å². The van der Waals surface area contributed by atoms with Crippen LogP contribution in [0.2, 0.25) is 0 Å². The molecule has 120 valence electrons. The van der Waals surface area contributed by atoms with E-state index >= 15 is 0 Å². The van der Waals surface area contributed by atoms with Crippen LogP contribution < -0.4 is 0 Å². The van der Waals surface area contributed by atoms with Crippen molar-refractivity contribution in [2.24, 2.45) is 0 Å². The summed E-state index contributed by atoms with van der Waals surface area (Å²) in [5.74, 6) is -3.03. The lowest BCUT2D eigenvalue weighted by molar-refractivity contribution is 0.00578. The van der Waals surface area contributed by atoms with Gasteiger partial charge in [-0.3, -0.25) is 4.98 Å². The summed E-state index contributed by atoms with van der Waals surface area (Å²) in [5.41, 5.74) is -2.06. The Morgan fingerprint density at radius 2 is 1.73 bits per heavy atom. The molecule has 1 fully saturated rings. The summed E-state index contributed by atoms with van der Waals surface area (Å²) in [6.07, 6.45) is 3.47. The Bertz CT molecular complexity index is 581. The average molecular weight is 313 g/mol. The highest BCUT2D eigenvalue weighted by atomic mass is 19.3. The Morgan fingerprint density at radius 1 is 1.18 bits per heavy atom. The van der Waals surface area contributed by atoms with Crippen molar-refractivity contribution in [2.75, 3.05) is 0 Å². The van der Waals surface area contributed by atoms with Crippen molar-refractivity contribution in [3.8, 4) is 0 Å². The third-order valence-corrected chi connectivity index (χ3v) is 4.05. The summed E-state index contributed by atoms with van der Waals surface area (Å²) >= 11 is 0. The van der Waals surface area contributed by atoms with Crippen molar-refractivity contribution < 1.29 is 22.5 Å². The number of nitrogens with zero attached hydrogens (tertiary/aromatic N) is 1. The summed E-state index contributed by atoms with van der Waals surface area (Å²) in [7, 11) is -1.16. The third kappa shape index (κ3) is 3.36. The molecule has 0 amide bonds. The number of aromatic nitrogens is 1. The number of hydrogen-bond donors (Lipinski definition) is 0. The molecule has 22 heavy (non-hydrogen) atoms. The molecule has 1 aliphatic heterocycles. The molecule has 1 aromatic rings. The van der Waals surface area contributed by atoms with E-state index in [0.717, 1.165) is 19.2 Å². The minimum Gasteiger partial charge on any atom is -0.398 e. The van der Waals surface area contributed by atoms with Crippen LogP contribution in [0.25, 0.3) is 6.08 Å². The van der Waals surface area contributed by atoms with Gasteiger partial charge in [0.2, 0.25) is 0 Å². The normalized spacial score (nSPS) is 21.3. The molecule has 3 nitrogen and oxygen atoms in total. The monoisotopic (exact) mass is 313 g/mol. The Kier molecular flexibility index (Phi) is 4.17. The number of pyridine rings is 1. The van der Waals surface area contributed by atoms with Gasteiger partial charge in [0.15, 0.2) is 0 Å². The van der Waals surface area contributed by atoms with Crippen LogP contribution in [0.4, 0.5) is 13.2 Å². The molecule has 1 aliphatic rings. The Balaban J connectivity index is 2.24. The van der Waals surface area contributed by atoms with E-state index in [-0.39, 0.29) is 11.1 Å². The van der Waals surface area contributed by atoms with E-state index in [2.05, 4.69) is 4.98 Å². The largest absolute Gasteiger partial charge is 0.525 e. The molecule has 0 aromatic carbocycles. The highest BCUT2D eigenvalue weighted by molar-refractivity contribution is 6.54. The fourth-order valence-electron chi connectivity index (χ4n) is 1.96. The molecule has 0 bridgehead atoms. The van der Waals surface area contributed by atoms with Gasteiger partial charge in [-0.05, 0) is 45.4 Å². The molecule has 7 heteroatoms. The molecule has 1 aromatic heterocycles. The van der Waals surface area contributed by atoms with E-state index in [9.17, 15) is 13.2 Å². The first-order valence-electron chi connectivity index (χ1n) is 6.98. The zero-order valence-electron chi connectivity index (χ0n) is 13.3. The minimum absolute atomic E-state index is 0.228. The van der Waals surface area contributed by atoms with Gasteiger partial charge in [-0.2, -0.15) is 0 Å². The second kappa shape index (κ2) is 5.39. The predicted molar refractivity (Wildman–Crippen MR) is 79.0 cm³/mol. The number of rotatable bonds is 3. The SMILES string of the molecule is CC(F)(F)c1cncc(C=C(F)B2OC(C)(C)C(C)(C)O2)c1. The van der Waals surface area contributed by atoms with Gasteiger partial charge >= 0.3 is 7.12 Å². The average Bonchev–Trinajstić information content (AvgIpc) is 2.58. The summed E-state index contributed by atoms with van der Waals surface area (Å²) in [4.78, 5) is 3.72. The molecule has 1 saturated heterocycles. The Hall–Kier alpha value is -1.34. The van der Waals surface area contributed by atoms with Crippen molar-refractivity contribution in [1.29, 1.82) is 0 Å². The van der Waals surface area contributed by atoms with Crippen molar-refractivity contribution in [3.05, 3.63) is 35.3 Å². The maximum Gasteiger partial charge on any atom is 0.525 e.